The van der Waals surface area contributed by atoms with Gasteiger partial charge in [0.15, 0.2) is 5.16 Å². The lowest BCUT2D eigenvalue weighted by atomic mass is 10.1. The number of hydrogen-bond donors (Lipinski definition) is 1. The van der Waals surface area contributed by atoms with E-state index in [0.717, 1.165) is 36.4 Å². The Hall–Kier alpha value is -1.01. The molecule has 1 atom stereocenters. The Balaban J connectivity index is 2.06. The van der Waals surface area contributed by atoms with Gasteiger partial charge in [0.25, 0.3) is 0 Å². The summed E-state index contributed by atoms with van der Waals surface area (Å²) in [5, 5.41) is 3.87. The molecule has 2 heterocycles. The lowest BCUT2D eigenvalue weighted by molar-refractivity contribution is 0.0215. The molecule has 1 unspecified atom stereocenters. The maximum Gasteiger partial charge on any atom is 0.191 e. The van der Waals surface area contributed by atoms with E-state index in [1.807, 2.05) is 19.4 Å². The summed E-state index contributed by atoms with van der Waals surface area (Å²) in [4.78, 5) is 11.1. The number of rotatable bonds is 5. The average molecular weight is 282 g/mol. The normalized spacial score (nSPS) is 19.2. The minimum atomic E-state index is 0.324. The Labute approximate surface area is 119 Å². The molecule has 2 rings (SSSR count). The summed E-state index contributed by atoms with van der Waals surface area (Å²) >= 11 is 1.56. The fourth-order valence-electron chi connectivity index (χ4n) is 2.18. The highest BCUT2D eigenvalue weighted by molar-refractivity contribution is 7.98. The van der Waals surface area contributed by atoms with Crippen molar-refractivity contribution in [2.75, 3.05) is 43.7 Å². The van der Waals surface area contributed by atoms with Crippen LogP contribution in [0, 0.1) is 0 Å². The molecule has 0 aliphatic carbocycles. The minimum absolute atomic E-state index is 0.324. The van der Waals surface area contributed by atoms with E-state index in [0.29, 0.717) is 6.10 Å². The van der Waals surface area contributed by atoms with Crippen molar-refractivity contribution in [3.63, 3.8) is 0 Å². The first-order valence-electron chi connectivity index (χ1n) is 6.66. The molecule has 0 saturated carbocycles. The van der Waals surface area contributed by atoms with Gasteiger partial charge in [0.2, 0.25) is 0 Å². The molecule has 6 heteroatoms. The van der Waals surface area contributed by atoms with E-state index in [2.05, 4.69) is 27.2 Å². The number of aromatic nitrogens is 2. The van der Waals surface area contributed by atoms with Crippen molar-refractivity contribution in [2.45, 2.75) is 30.5 Å². The van der Waals surface area contributed by atoms with E-state index in [-0.39, 0.29) is 0 Å². The van der Waals surface area contributed by atoms with Crippen LogP contribution in [0.5, 0.6) is 0 Å². The Bertz CT molecular complexity index is 387. The van der Waals surface area contributed by atoms with Gasteiger partial charge in [-0.25, -0.2) is 9.97 Å². The first-order valence-corrected chi connectivity index (χ1v) is 7.89. The van der Waals surface area contributed by atoms with Crippen LogP contribution in [0.1, 0.15) is 19.3 Å². The molecule has 1 fully saturated rings. The van der Waals surface area contributed by atoms with Crippen molar-refractivity contribution in [1.82, 2.24) is 9.97 Å². The van der Waals surface area contributed by atoms with Crippen molar-refractivity contribution < 1.29 is 4.74 Å². The number of hydrogen-bond acceptors (Lipinski definition) is 6. The summed E-state index contributed by atoms with van der Waals surface area (Å²) in [6.45, 7) is 1.77. The van der Waals surface area contributed by atoms with Crippen LogP contribution in [0.2, 0.25) is 0 Å². The highest BCUT2D eigenvalue weighted by atomic mass is 32.2. The van der Waals surface area contributed by atoms with Crippen LogP contribution < -0.4 is 10.2 Å². The maximum atomic E-state index is 5.78. The zero-order valence-corrected chi connectivity index (χ0v) is 12.7. The Kier molecular flexibility index (Phi) is 5.27. The zero-order chi connectivity index (χ0) is 13.7. The molecular formula is C13H22N4OS. The summed E-state index contributed by atoms with van der Waals surface area (Å²) in [7, 11) is 3.93. The topological polar surface area (TPSA) is 50.3 Å². The SMILES string of the molecule is CNc1cc(N(C)CC2CCCCO2)nc(SC)n1. The standard InChI is InChI=1S/C13H22N4OS/c1-14-11-8-12(16-13(15-11)19-3)17(2)9-10-6-4-5-7-18-10/h8,10H,4-7,9H2,1-3H3,(H,14,15,16). The van der Waals surface area contributed by atoms with Gasteiger partial charge in [-0.15, -0.1) is 0 Å². The lowest BCUT2D eigenvalue weighted by Crippen LogP contribution is -2.33. The van der Waals surface area contributed by atoms with Crippen LogP contribution in [-0.4, -0.2) is 49.6 Å². The monoisotopic (exact) mass is 282 g/mol. The average Bonchev–Trinajstić information content (AvgIpc) is 2.47. The van der Waals surface area contributed by atoms with Crippen LogP contribution in [-0.2, 0) is 4.74 Å². The first-order chi connectivity index (χ1) is 9.22. The van der Waals surface area contributed by atoms with Gasteiger partial charge < -0.3 is 15.0 Å². The van der Waals surface area contributed by atoms with E-state index in [1.54, 1.807) is 11.8 Å². The van der Waals surface area contributed by atoms with E-state index in [4.69, 9.17) is 4.74 Å². The van der Waals surface area contributed by atoms with E-state index < -0.39 is 0 Å². The number of anilines is 2. The molecule has 1 N–H and O–H groups in total. The number of ether oxygens (including phenoxy) is 1. The smallest absolute Gasteiger partial charge is 0.191 e. The van der Waals surface area contributed by atoms with Crippen molar-refractivity contribution in [3.8, 4) is 0 Å². The molecule has 0 aromatic carbocycles. The number of nitrogens with one attached hydrogen (secondary N) is 1. The van der Waals surface area contributed by atoms with Crippen molar-refractivity contribution in [3.05, 3.63) is 6.07 Å². The number of thioether (sulfide) groups is 1. The molecule has 0 spiro atoms. The van der Waals surface area contributed by atoms with Crippen molar-refractivity contribution in [2.24, 2.45) is 0 Å². The van der Waals surface area contributed by atoms with Gasteiger partial charge >= 0.3 is 0 Å². The summed E-state index contributed by atoms with van der Waals surface area (Å²) in [6, 6.07) is 1.97. The molecule has 5 nitrogen and oxygen atoms in total. The van der Waals surface area contributed by atoms with E-state index >= 15 is 0 Å². The number of nitrogens with zero attached hydrogens (tertiary/aromatic N) is 3. The Morgan fingerprint density at radius 3 is 2.95 bits per heavy atom. The van der Waals surface area contributed by atoms with Crippen LogP contribution >= 0.6 is 11.8 Å². The maximum absolute atomic E-state index is 5.78. The second-order valence-electron chi connectivity index (χ2n) is 4.72. The largest absolute Gasteiger partial charge is 0.376 e. The third kappa shape index (κ3) is 3.98. The first kappa shape index (κ1) is 14.4. The Morgan fingerprint density at radius 2 is 2.32 bits per heavy atom. The molecule has 19 heavy (non-hydrogen) atoms. The van der Waals surface area contributed by atoms with Crippen LogP contribution in [0.4, 0.5) is 11.6 Å². The summed E-state index contributed by atoms with van der Waals surface area (Å²) < 4.78 is 5.78. The summed E-state index contributed by atoms with van der Waals surface area (Å²) in [5.41, 5.74) is 0. The number of likely N-dealkylation sites (N-methyl/N-ethyl adjacent to an activating group) is 1. The van der Waals surface area contributed by atoms with Gasteiger partial charge in [-0.1, -0.05) is 11.8 Å². The van der Waals surface area contributed by atoms with Gasteiger partial charge in [-0.2, -0.15) is 0 Å². The highest BCUT2D eigenvalue weighted by Crippen LogP contribution is 2.21. The predicted octanol–water partition coefficient (Wildman–Crippen LogP) is 2.25. The molecule has 106 valence electrons. The van der Waals surface area contributed by atoms with Crippen LogP contribution in [0.25, 0.3) is 0 Å². The molecule has 1 aromatic heterocycles. The van der Waals surface area contributed by atoms with Gasteiger partial charge in [0.1, 0.15) is 11.6 Å². The summed E-state index contributed by atoms with van der Waals surface area (Å²) in [5.74, 6) is 1.80. The lowest BCUT2D eigenvalue weighted by Gasteiger charge is -2.28. The van der Waals surface area contributed by atoms with Crippen LogP contribution in [0.3, 0.4) is 0 Å². The molecule has 1 aliphatic rings. The molecular weight excluding hydrogens is 260 g/mol. The third-order valence-corrected chi connectivity index (χ3v) is 3.82. The predicted molar refractivity (Wildman–Crippen MR) is 80.2 cm³/mol. The summed E-state index contributed by atoms with van der Waals surface area (Å²) in [6.07, 6.45) is 5.91. The molecule has 1 aliphatic heterocycles. The van der Waals surface area contributed by atoms with Gasteiger partial charge in [-0.05, 0) is 25.5 Å². The Morgan fingerprint density at radius 1 is 1.47 bits per heavy atom. The van der Waals surface area contributed by atoms with Gasteiger partial charge in [0.05, 0.1) is 6.10 Å². The van der Waals surface area contributed by atoms with E-state index in [1.165, 1.54) is 12.8 Å². The van der Waals surface area contributed by atoms with Crippen molar-refractivity contribution >= 4 is 23.4 Å². The van der Waals surface area contributed by atoms with E-state index in [9.17, 15) is 0 Å². The quantitative estimate of drug-likeness (QED) is 0.660. The van der Waals surface area contributed by atoms with Gasteiger partial charge in [0, 0.05) is 33.3 Å². The van der Waals surface area contributed by atoms with Crippen LogP contribution in [0.15, 0.2) is 11.2 Å². The second kappa shape index (κ2) is 6.96. The molecule has 1 saturated heterocycles. The second-order valence-corrected chi connectivity index (χ2v) is 5.49. The molecule has 0 bridgehead atoms. The fourth-order valence-corrected chi connectivity index (χ4v) is 2.55. The molecule has 0 radical (unpaired) electrons. The fraction of sp³-hybridized carbons (Fsp3) is 0.692. The minimum Gasteiger partial charge on any atom is -0.376 e. The third-order valence-electron chi connectivity index (χ3n) is 3.27. The molecule has 0 amide bonds. The molecule has 1 aromatic rings. The van der Waals surface area contributed by atoms with Gasteiger partial charge in [-0.3, -0.25) is 0 Å². The highest BCUT2D eigenvalue weighted by Gasteiger charge is 2.17. The zero-order valence-electron chi connectivity index (χ0n) is 11.8. The van der Waals surface area contributed by atoms with Crippen molar-refractivity contribution in [1.29, 1.82) is 0 Å².